The van der Waals surface area contributed by atoms with E-state index < -0.39 is 18.0 Å². The van der Waals surface area contributed by atoms with Crippen LogP contribution < -0.4 is 22.3 Å². The van der Waals surface area contributed by atoms with Crippen LogP contribution in [-0.4, -0.2) is 24.6 Å². The van der Waals surface area contributed by atoms with E-state index in [1.807, 2.05) is 24.3 Å². The second-order valence-corrected chi connectivity index (χ2v) is 6.84. The molecule has 3 rings (SSSR count). The van der Waals surface area contributed by atoms with Gasteiger partial charge in [0.15, 0.2) is 0 Å². The van der Waals surface area contributed by atoms with Crippen LogP contribution >= 0.6 is 0 Å². The number of nitrogens with one attached hydrogen (secondary N) is 2. The van der Waals surface area contributed by atoms with Gasteiger partial charge in [0.2, 0.25) is 0 Å². The molecule has 7 heteroatoms. The first-order chi connectivity index (χ1) is 13.6. The van der Waals surface area contributed by atoms with E-state index in [1.165, 1.54) is 22.3 Å². The fourth-order valence-electron chi connectivity index (χ4n) is 3.55. The molecule has 6 N–H and O–H groups in total. The topological polar surface area (TPSA) is 119 Å². The second-order valence-electron chi connectivity index (χ2n) is 6.84. The Morgan fingerprint density at radius 3 is 2.64 bits per heavy atom. The van der Waals surface area contributed by atoms with Gasteiger partial charge in [-0.25, -0.2) is 10.6 Å². The minimum Gasteiger partial charge on any atom is -0.445 e. The fraction of sp³-hybridized carbons (Fsp3) is 0.333. The van der Waals surface area contributed by atoms with Crippen molar-refractivity contribution in [2.24, 2.45) is 11.6 Å². The average Bonchev–Trinajstić information content (AvgIpc) is 3.10. The first kappa shape index (κ1) is 19.9. The number of hydrazine groups is 1. The monoisotopic (exact) mass is 382 g/mol. The molecule has 0 saturated carbocycles. The van der Waals surface area contributed by atoms with E-state index in [2.05, 4.69) is 28.9 Å². The van der Waals surface area contributed by atoms with Gasteiger partial charge in [0, 0.05) is 0 Å². The molecule has 0 aromatic heterocycles. The zero-order chi connectivity index (χ0) is 19.9. The highest BCUT2D eigenvalue weighted by Crippen LogP contribution is 2.38. The third kappa shape index (κ3) is 4.49. The molecule has 2 amide bonds. The Hall–Kier alpha value is -2.90. The summed E-state index contributed by atoms with van der Waals surface area (Å²) >= 11 is 0. The molecule has 1 aliphatic rings. The predicted molar refractivity (Wildman–Crippen MR) is 107 cm³/mol. The highest BCUT2D eigenvalue weighted by Gasteiger charge is 2.23. The summed E-state index contributed by atoms with van der Waals surface area (Å²) < 4.78 is 5.39. The summed E-state index contributed by atoms with van der Waals surface area (Å²) in [5.74, 6) is 4.75. The van der Waals surface area contributed by atoms with Crippen LogP contribution in [-0.2, 0) is 22.6 Å². The SMILES string of the molecule is NCCCCC(NC(=O)OCc1cccc2c1Cc1ccccc1-2)C(=O)NN. The van der Waals surface area contributed by atoms with Gasteiger partial charge in [0.1, 0.15) is 12.6 Å². The summed E-state index contributed by atoms with van der Waals surface area (Å²) in [4.78, 5) is 24.1. The minimum atomic E-state index is -0.741. The molecule has 1 aliphatic carbocycles. The molecule has 28 heavy (non-hydrogen) atoms. The van der Waals surface area contributed by atoms with Crippen LogP contribution in [0.1, 0.15) is 36.0 Å². The summed E-state index contributed by atoms with van der Waals surface area (Å²) in [5, 5.41) is 2.59. The molecule has 0 aliphatic heterocycles. The molecule has 0 spiro atoms. The normalized spacial score (nSPS) is 12.6. The lowest BCUT2D eigenvalue weighted by Crippen LogP contribution is -2.49. The fourth-order valence-corrected chi connectivity index (χ4v) is 3.55. The number of unbranched alkanes of at least 4 members (excludes halogenated alkanes) is 1. The zero-order valence-corrected chi connectivity index (χ0v) is 15.7. The van der Waals surface area contributed by atoms with E-state index in [0.717, 1.165) is 18.4 Å². The van der Waals surface area contributed by atoms with Gasteiger partial charge >= 0.3 is 6.09 Å². The Balaban J connectivity index is 1.61. The number of alkyl carbamates (subject to hydrolysis) is 1. The highest BCUT2D eigenvalue weighted by molar-refractivity contribution is 5.85. The first-order valence-corrected chi connectivity index (χ1v) is 9.47. The summed E-state index contributed by atoms with van der Waals surface area (Å²) in [7, 11) is 0. The van der Waals surface area contributed by atoms with Crippen molar-refractivity contribution in [3.63, 3.8) is 0 Å². The van der Waals surface area contributed by atoms with Gasteiger partial charge < -0.3 is 15.8 Å². The van der Waals surface area contributed by atoms with Crippen LogP contribution in [0.25, 0.3) is 11.1 Å². The van der Waals surface area contributed by atoms with Crippen LogP contribution in [0.3, 0.4) is 0 Å². The number of benzene rings is 2. The molecule has 1 atom stereocenters. The standard InChI is InChI=1S/C21H26N4O3/c22-11-4-3-10-19(20(26)25-23)24-21(27)28-13-15-7-5-9-17-16-8-2-1-6-14(16)12-18(15)17/h1-2,5-9,19H,3-4,10-13,22-23H2,(H,24,27)(H,25,26). The van der Waals surface area contributed by atoms with E-state index in [9.17, 15) is 9.59 Å². The maximum Gasteiger partial charge on any atom is 0.408 e. The van der Waals surface area contributed by atoms with Crippen LogP contribution in [0, 0.1) is 0 Å². The molecule has 0 saturated heterocycles. The Labute approximate surface area is 164 Å². The van der Waals surface area contributed by atoms with E-state index in [0.29, 0.717) is 19.4 Å². The van der Waals surface area contributed by atoms with E-state index in [-0.39, 0.29) is 6.61 Å². The van der Waals surface area contributed by atoms with E-state index >= 15 is 0 Å². The molecule has 2 aromatic carbocycles. The summed E-state index contributed by atoms with van der Waals surface area (Å²) in [5.41, 5.74) is 13.4. The lowest BCUT2D eigenvalue weighted by Gasteiger charge is -2.17. The van der Waals surface area contributed by atoms with Crippen molar-refractivity contribution in [1.82, 2.24) is 10.7 Å². The number of hydrogen-bond acceptors (Lipinski definition) is 5. The van der Waals surface area contributed by atoms with Crippen LogP contribution in [0.15, 0.2) is 42.5 Å². The third-order valence-electron chi connectivity index (χ3n) is 5.00. The molecule has 1 unspecified atom stereocenters. The lowest BCUT2D eigenvalue weighted by atomic mass is 10.0. The predicted octanol–water partition coefficient (Wildman–Crippen LogP) is 1.97. The maximum atomic E-state index is 12.2. The van der Waals surface area contributed by atoms with Crippen molar-refractivity contribution in [3.05, 3.63) is 59.2 Å². The Bertz CT molecular complexity index is 853. The average molecular weight is 382 g/mol. The minimum absolute atomic E-state index is 0.142. The molecule has 0 heterocycles. The van der Waals surface area contributed by atoms with Crippen LogP contribution in [0.2, 0.25) is 0 Å². The number of carbonyl (C=O) groups excluding carboxylic acids is 2. The second kappa shape index (κ2) is 9.34. The van der Waals surface area contributed by atoms with Crippen molar-refractivity contribution < 1.29 is 14.3 Å². The maximum absolute atomic E-state index is 12.2. The number of amides is 2. The smallest absolute Gasteiger partial charge is 0.408 e. The Kier molecular flexibility index (Phi) is 6.62. The first-order valence-electron chi connectivity index (χ1n) is 9.47. The van der Waals surface area contributed by atoms with Gasteiger partial charge in [0.25, 0.3) is 5.91 Å². The van der Waals surface area contributed by atoms with Crippen molar-refractivity contribution in [3.8, 4) is 11.1 Å². The third-order valence-corrected chi connectivity index (χ3v) is 5.00. The van der Waals surface area contributed by atoms with Gasteiger partial charge in [-0.15, -0.1) is 0 Å². The molecular formula is C21H26N4O3. The summed E-state index contributed by atoms with van der Waals surface area (Å²) in [6, 6.07) is 13.6. The van der Waals surface area contributed by atoms with Gasteiger partial charge in [-0.3, -0.25) is 10.2 Å². The van der Waals surface area contributed by atoms with Gasteiger partial charge in [-0.1, -0.05) is 42.5 Å². The van der Waals surface area contributed by atoms with Crippen molar-refractivity contribution in [1.29, 1.82) is 0 Å². The lowest BCUT2D eigenvalue weighted by molar-refractivity contribution is -0.123. The number of ether oxygens (including phenoxy) is 1. The van der Waals surface area contributed by atoms with Crippen molar-refractivity contribution in [2.75, 3.05) is 6.54 Å². The van der Waals surface area contributed by atoms with E-state index in [1.54, 1.807) is 0 Å². The Morgan fingerprint density at radius 1 is 1.07 bits per heavy atom. The molecule has 7 nitrogen and oxygen atoms in total. The Morgan fingerprint density at radius 2 is 1.86 bits per heavy atom. The number of carbonyl (C=O) groups is 2. The van der Waals surface area contributed by atoms with E-state index in [4.69, 9.17) is 16.3 Å². The quantitative estimate of drug-likeness (QED) is 0.205. The molecule has 0 radical (unpaired) electrons. The largest absolute Gasteiger partial charge is 0.445 e. The number of nitrogens with two attached hydrogens (primary N) is 2. The van der Waals surface area contributed by atoms with Crippen molar-refractivity contribution in [2.45, 2.75) is 38.3 Å². The zero-order valence-electron chi connectivity index (χ0n) is 15.7. The van der Waals surface area contributed by atoms with Crippen LogP contribution in [0.5, 0.6) is 0 Å². The molecular weight excluding hydrogens is 356 g/mol. The van der Waals surface area contributed by atoms with Gasteiger partial charge in [-0.05, 0) is 60.0 Å². The summed E-state index contributed by atoms with van der Waals surface area (Å²) in [6.45, 7) is 0.672. The summed E-state index contributed by atoms with van der Waals surface area (Å²) in [6.07, 6.45) is 2.10. The number of hydrogen-bond donors (Lipinski definition) is 4. The molecule has 0 bridgehead atoms. The van der Waals surface area contributed by atoms with Crippen molar-refractivity contribution >= 4 is 12.0 Å². The van der Waals surface area contributed by atoms with Gasteiger partial charge in [-0.2, -0.15) is 0 Å². The number of fused-ring (bicyclic) bond motifs is 3. The number of rotatable bonds is 8. The van der Waals surface area contributed by atoms with Gasteiger partial charge in [0.05, 0.1) is 0 Å². The molecule has 2 aromatic rings. The molecule has 148 valence electrons. The molecule has 0 fully saturated rings. The highest BCUT2D eigenvalue weighted by atomic mass is 16.5. The van der Waals surface area contributed by atoms with Crippen LogP contribution in [0.4, 0.5) is 4.79 Å².